The first-order chi connectivity index (χ1) is 14.0. The Kier molecular flexibility index (Phi) is 4.20. The highest BCUT2D eigenvalue weighted by Gasteiger charge is 2.44. The van der Waals surface area contributed by atoms with Crippen molar-refractivity contribution in [2.45, 2.75) is 38.0 Å². The van der Waals surface area contributed by atoms with Gasteiger partial charge >= 0.3 is 0 Å². The molecule has 148 valence electrons. The average molecular weight is 412 g/mol. The third kappa shape index (κ3) is 3.31. The highest BCUT2D eigenvalue weighted by Crippen LogP contribution is 2.47. The van der Waals surface area contributed by atoms with E-state index < -0.39 is 5.79 Å². The molecule has 3 aromatic rings. The molecule has 1 aliphatic heterocycles. The zero-order valence-corrected chi connectivity index (χ0v) is 16.2. The molecule has 1 spiro atoms. The van der Waals surface area contributed by atoms with E-state index in [2.05, 4.69) is 10.3 Å². The number of aromatic nitrogens is 2. The van der Waals surface area contributed by atoms with Crippen molar-refractivity contribution in [3.8, 4) is 11.5 Å². The van der Waals surface area contributed by atoms with Crippen LogP contribution in [0.25, 0.3) is 10.9 Å². The summed E-state index contributed by atoms with van der Waals surface area (Å²) >= 11 is 5.97. The van der Waals surface area contributed by atoms with Gasteiger partial charge in [-0.15, -0.1) is 0 Å². The first kappa shape index (κ1) is 18.0. The summed E-state index contributed by atoms with van der Waals surface area (Å²) in [5.74, 6) is 0.432. The molecule has 2 aliphatic rings. The van der Waals surface area contributed by atoms with E-state index in [1.54, 1.807) is 36.4 Å². The van der Waals surface area contributed by atoms with Gasteiger partial charge in [0, 0.05) is 29.6 Å². The Hall–Kier alpha value is -3.06. The summed E-state index contributed by atoms with van der Waals surface area (Å²) in [5, 5.41) is 3.61. The monoisotopic (exact) mass is 411 g/mol. The summed E-state index contributed by atoms with van der Waals surface area (Å²) < 4.78 is 13.3. The third-order valence-electron chi connectivity index (χ3n) is 5.28. The number of nitrogens with zero attached hydrogens (tertiary/aromatic N) is 2. The third-order valence-corrected chi connectivity index (χ3v) is 5.52. The fraction of sp³-hybridized carbons (Fsp3) is 0.286. The molecule has 1 amide bonds. The number of amides is 1. The summed E-state index contributed by atoms with van der Waals surface area (Å²) in [6.45, 7) is -0.160. The van der Waals surface area contributed by atoms with E-state index in [9.17, 15) is 9.59 Å². The van der Waals surface area contributed by atoms with Crippen molar-refractivity contribution in [3.05, 3.63) is 58.1 Å². The van der Waals surface area contributed by atoms with Crippen molar-refractivity contribution in [1.82, 2.24) is 9.55 Å². The number of carbonyl (C=O) groups excluding carboxylic acids is 1. The Bertz CT molecular complexity index is 1180. The molecule has 7 nitrogen and oxygen atoms in total. The number of fused-ring (bicyclic) bond motifs is 2. The van der Waals surface area contributed by atoms with E-state index in [-0.39, 0.29) is 18.0 Å². The van der Waals surface area contributed by atoms with Crippen molar-refractivity contribution in [2.24, 2.45) is 0 Å². The van der Waals surface area contributed by atoms with Crippen LogP contribution in [0.4, 0.5) is 5.69 Å². The summed E-state index contributed by atoms with van der Waals surface area (Å²) in [4.78, 5) is 29.3. The van der Waals surface area contributed by atoms with Gasteiger partial charge in [0.15, 0.2) is 11.5 Å². The van der Waals surface area contributed by atoms with Gasteiger partial charge in [0.2, 0.25) is 5.91 Å². The average Bonchev–Trinajstić information content (AvgIpc) is 3.30. The van der Waals surface area contributed by atoms with Crippen molar-refractivity contribution in [3.63, 3.8) is 0 Å². The van der Waals surface area contributed by atoms with E-state index in [4.69, 9.17) is 21.1 Å². The number of ether oxygens (including phenoxy) is 2. The largest absolute Gasteiger partial charge is 0.448 e. The quantitative estimate of drug-likeness (QED) is 0.710. The van der Waals surface area contributed by atoms with Crippen LogP contribution >= 0.6 is 11.6 Å². The topological polar surface area (TPSA) is 82.5 Å². The zero-order chi connectivity index (χ0) is 20.0. The number of rotatable bonds is 3. The van der Waals surface area contributed by atoms with Crippen LogP contribution in [-0.2, 0) is 11.3 Å². The van der Waals surface area contributed by atoms with Crippen LogP contribution in [0.15, 0.2) is 47.5 Å². The Morgan fingerprint density at radius 1 is 1.14 bits per heavy atom. The molecule has 1 saturated carbocycles. The molecule has 0 radical (unpaired) electrons. The summed E-state index contributed by atoms with van der Waals surface area (Å²) in [6, 6.07) is 10.2. The van der Waals surface area contributed by atoms with Crippen LogP contribution in [0, 0.1) is 0 Å². The number of carbonyl (C=O) groups is 1. The van der Waals surface area contributed by atoms with Crippen molar-refractivity contribution >= 4 is 34.1 Å². The molecule has 2 heterocycles. The Morgan fingerprint density at radius 3 is 2.76 bits per heavy atom. The lowest BCUT2D eigenvalue weighted by molar-refractivity contribution is -0.116. The number of halogens is 1. The second-order valence-corrected chi connectivity index (χ2v) is 7.81. The second kappa shape index (κ2) is 6.77. The van der Waals surface area contributed by atoms with Gasteiger partial charge in [-0.05, 0) is 43.2 Å². The van der Waals surface area contributed by atoms with Crippen LogP contribution in [0.5, 0.6) is 11.5 Å². The molecular formula is C21H18ClN3O4. The maximum absolute atomic E-state index is 12.6. The first-order valence-corrected chi connectivity index (χ1v) is 9.86. The fourth-order valence-corrected chi connectivity index (χ4v) is 4.06. The minimum Gasteiger partial charge on any atom is -0.448 e. The van der Waals surface area contributed by atoms with Gasteiger partial charge in [-0.25, -0.2) is 4.98 Å². The molecular weight excluding hydrogens is 394 g/mol. The number of hydrogen-bond acceptors (Lipinski definition) is 5. The normalized spacial score (nSPS) is 16.4. The zero-order valence-electron chi connectivity index (χ0n) is 15.5. The molecule has 29 heavy (non-hydrogen) atoms. The lowest BCUT2D eigenvalue weighted by Crippen LogP contribution is -2.34. The molecule has 1 aliphatic carbocycles. The lowest BCUT2D eigenvalue weighted by Gasteiger charge is -2.21. The molecule has 5 rings (SSSR count). The highest BCUT2D eigenvalue weighted by molar-refractivity contribution is 6.31. The molecule has 1 N–H and O–H groups in total. The first-order valence-electron chi connectivity index (χ1n) is 9.48. The van der Waals surface area contributed by atoms with Crippen molar-refractivity contribution < 1.29 is 14.3 Å². The summed E-state index contributed by atoms with van der Waals surface area (Å²) in [6.07, 6.45) is 5.26. The summed E-state index contributed by atoms with van der Waals surface area (Å²) in [5.41, 5.74) is 0.798. The van der Waals surface area contributed by atoms with Gasteiger partial charge < -0.3 is 14.8 Å². The molecule has 0 bridgehead atoms. The SMILES string of the molecule is O=C(Cn1cnc2ccc(Cl)cc2c1=O)Nc1ccc2c(c1)OC1(CCCC1)O2. The molecule has 0 atom stereocenters. The van der Waals surface area contributed by atoms with E-state index in [0.29, 0.717) is 33.1 Å². The van der Waals surface area contributed by atoms with Gasteiger partial charge in [0.25, 0.3) is 11.3 Å². The van der Waals surface area contributed by atoms with Gasteiger partial charge in [-0.1, -0.05) is 11.6 Å². The smallest absolute Gasteiger partial charge is 0.261 e. The minimum absolute atomic E-state index is 0.160. The summed E-state index contributed by atoms with van der Waals surface area (Å²) in [7, 11) is 0. The number of benzene rings is 2. The van der Waals surface area contributed by atoms with Gasteiger partial charge in [-0.3, -0.25) is 14.2 Å². The van der Waals surface area contributed by atoms with E-state index in [1.807, 2.05) is 0 Å². The van der Waals surface area contributed by atoms with Gasteiger partial charge in [0.1, 0.15) is 6.54 Å². The highest BCUT2D eigenvalue weighted by atomic mass is 35.5. The molecule has 2 aromatic carbocycles. The Labute approximate surface area is 171 Å². The van der Waals surface area contributed by atoms with Crippen molar-refractivity contribution in [2.75, 3.05) is 5.32 Å². The Morgan fingerprint density at radius 2 is 1.93 bits per heavy atom. The van der Waals surface area contributed by atoms with E-state index in [1.165, 1.54) is 10.9 Å². The van der Waals surface area contributed by atoms with Crippen LogP contribution in [-0.4, -0.2) is 21.2 Å². The predicted octanol–water partition coefficient (Wildman–Crippen LogP) is 3.73. The van der Waals surface area contributed by atoms with Crippen molar-refractivity contribution in [1.29, 1.82) is 0 Å². The van der Waals surface area contributed by atoms with Gasteiger partial charge in [-0.2, -0.15) is 0 Å². The molecule has 1 fully saturated rings. The molecule has 8 heteroatoms. The second-order valence-electron chi connectivity index (χ2n) is 7.37. The molecule has 0 saturated heterocycles. The number of nitrogens with one attached hydrogen (secondary N) is 1. The van der Waals surface area contributed by atoms with Crippen LogP contribution in [0.1, 0.15) is 25.7 Å². The van der Waals surface area contributed by atoms with Crippen LogP contribution < -0.4 is 20.3 Å². The predicted molar refractivity (Wildman–Crippen MR) is 109 cm³/mol. The fourth-order valence-electron chi connectivity index (χ4n) is 3.89. The van der Waals surface area contributed by atoms with E-state index in [0.717, 1.165) is 25.7 Å². The maximum Gasteiger partial charge on any atom is 0.261 e. The Balaban J connectivity index is 1.33. The van der Waals surface area contributed by atoms with Crippen LogP contribution in [0.3, 0.4) is 0 Å². The maximum atomic E-state index is 12.6. The van der Waals surface area contributed by atoms with Gasteiger partial charge in [0.05, 0.1) is 17.2 Å². The molecule has 1 aromatic heterocycles. The van der Waals surface area contributed by atoms with E-state index >= 15 is 0 Å². The number of anilines is 1. The number of hydrogen-bond donors (Lipinski definition) is 1. The molecule has 0 unspecified atom stereocenters. The van der Waals surface area contributed by atoms with Crippen LogP contribution in [0.2, 0.25) is 5.02 Å². The minimum atomic E-state index is -0.545. The standard InChI is InChI=1S/C21H18ClN3O4/c22-13-3-5-16-15(9-13)20(27)25(12-23-16)11-19(26)24-14-4-6-17-18(10-14)29-21(28-17)7-1-2-8-21/h3-6,9-10,12H,1-2,7-8,11H2,(H,24,26). The lowest BCUT2D eigenvalue weighted by atomic mass is 10.2.